The number of amides is 1. The minimum atomic E-state index is -0.387. The third-order valence-corrected chi connectivity index (χ3v) is 4.66. The Labute approximate surface area is 151 Å². The van der Waals surface area contributed by atoms with Crippen molar-refractivity contribution in [2.24, 2.45) is 0 Å². The third-order valence-electron chi connectivity index (χ3n) is 4.66. The van der Waals surface area contributed by atoms with E-state index >= 15 is 0 Å². The van der Waals surface area contributed by atoms with Gasteiger partial charge in [0, 0.05) is 32.4 Å². The minimum absolute atomic E-state index is 0.0509. The molecule has 138 valence electrons. The molecule has 0 aromatic carbocycles. The van der Waals surface area contributed by atoms with E-state index in [0.29, 0.717) is 12.2 Å². The van der Waals surface area contributed by atoms with Crippen LogP contribution in [0.2, 0.25) is 0 Å². The second-order valence-electron chi connectivity index (χ2n) is 6.74. The highest BCUT2D eigenvalue weighted by Gasteiger charge is 2.31. The number of likely N-dealkylation sites (tertiary alicyclic amines) is 1. The Bertz CT molecular complexity index is 860. The predicted octanol–water partition coefficient (Wildman–Crippen LogP) is 1.08. The number of nitrogens with zero attached hydrogens (tertiary/aromatic N) is 5. The van der Waals surface area contributed by atoms with Gasteiger partial charge < -0.3 is 19.5 Å². The fraction of sp³-hybridized carbons (Fsp3) is 0.444. The van der Waals surface area contributed by atoms with E-state index in [-0.39, 0.29) is 29.8 Å². The Hall–Kier alpha value is -2.90. The van der Waals surface area contributed by atoms with Gasteiger partial charge in [-0.3, -0.25) is 9.59 Å². The van der Waals surface area contributed by atoms with Crippen LogP contribution in [0.15, 0.2) is 29.1 Å². The Morgan fingerprint density at radius 3 is 2.69 bits per heavy atom. The van der Waals surface area contributed by atoms with Gasteiger partial charge in [-0.1, -0.05) is 0 Å². The van der Waals surface area contributed by atoms with Crippen molar-refractivity contribution in [1.82, 2.24) is 19.7 Å². The van der Waals surface area contributed by atoms with E-state index in [1.165, 1.54) is 10.6 Å². The smallest absolute Gasteiger partial charge is 0.254 e. The first-order valence-corrected chi connectivity index (χ1v) is 8.57. The average Bonchev–Trinajstić information content (AvgIpc) is 3.07. The molecule has 0 bridgehead atoms. The lowest BCUT2D eigenvalue weighted by atomic mass is 10.1. The number of carbonyl (C=O) groups is 1. The van der Waals surface area contributed by atoms with Crippen LogP contribution in [0.3, 0.4) is 0 Å². The molecule has 1 fully saturated rings. The van der Waals surface area contributed by atoms with Crippen LogP contribution in [-0.2, 0) is 11.3 Å². The first-order chi connectivity index (χ1) is 12.4. The predicted molar refractivity (Wildman–Crippen MR) is 97.2 cm³/mol. The fourth-order valence-electron chi connectivity index (χ4n) is 3.27. The number of rotatable bonds is 4. The van der Waals surface area contributed by atoms with E-state index in [1.54, 1.807) is 11.8 Å². The maximum Gasteiger partial charge on any atom is 0.254 e. The standard InChI is InChI=1S/C18H23N5O3/c1-12-9-13(24)10-17(25)23(12)11-18(26)22-8-4-5-15(22)14-6-7-16(20-19-14)21(2)3/h6-7,9-10,15,24H,4-5,8,11H2,1-3H3. The van der Waals surface area contributed by atoms with Gasteiger partial charge in [-0.05, 0) is 38.0 Å². The molecule has 3 heterocycles. The van der Waals surface area contributed by atoms with E-state index in [4.69, 9.17) is 0 Å². The first-order valence-electron chi connectivity index (χ1n) is 8.57. The lowest BCUT2D eigenvalue weighted by Crippen LogP contribution is -2.37. The molecule has 2 aromatic rings. The molecule has 1 saturated heterocycles. The van der Waals surface area contributed by atoms with Crippen molar-refractivity contribution in [3.8, 4) is 5.75 Å². The van der Waals surface area contributed by atoms with E-state index in [0.717, 1.165) is 30.4 Å². The van der Waals surface area contributed by atoms with Crippen molar-refractivity contribution >= 4 is 11.7 Å². The summed E-state index contributed by atoms with van der Waals surface area (Å²) >= 11 is 0. The highest BCUT2D eigenvalue weighted by molar-refractivity contribution is 5.77. The maximum absolute atomic E-state index is 12.8. The van der Waals surface area contributed by atoms with Crippen LogP contribution >= 0.6 is 0 Å². The fourth-order valence-corrected chi connectivity index (χ4v) is 3.27. The molecule has 8 nitrogen and oxygen atoms in total. The summed E-state index contributed by atoms with van der Waals surface area (Å²) in [6, 6.07) is 6.25. The van der Waals surface area contributed by atoms with Gasteiger partial charge in [0.25, 0.3) is 5.56 Å². The molecule has 0 aliphatic carbocycles. The van der Waals surface area contributed by atoms with Gasteiger partial charge in [0.05, 0.1) is 11.7 Å². The SMILES string of the molecule is Cc1cc(O)cc(=O)n1CC(=O)N1CCCC1c1ccc(N(C)C)nn1. The monoisotopic (exact) mass is 357 g/mol. The highest BCUT2D eigenvalue weighted by atomic mass is 16.3. The molecule has 1 aliphatic rings. The van der Waals surface area contributed by atoms with E-state index in [1.807, 2.05) is 31.1 Å². The Morgan fingerprint density at radius 1 is 1.31 bits per heavy atom. The van der Waals surface area contributed by atoms with E-state index < -0.39 is 0 Å². The van der Waals surface area contributed by atoms with Crippen LogP contribution in [0.25, 0.3) is 0 Å². The molecule has 0 saturated carbocycles. The number of hydrogen-bond donors (Lipinski definition) is 1. The quantitative estimate of drug-likeness (QED) is 0.880. The summed E-state index contributed by atoms with van der Waals surface area (Å²) in [6.07, 6.45) is 1.71. The zero-order valence-corrected chi connectivity index (χ0v) is 15.2. The summed E-state index contributed by atoms with van der Waals surface area (Å²) in [6.45, 7) is 2.28. The largest absolute Gasteiger partial charge is 0.508 e. The Kier molecular flexibility index (Phi) is 4.92. The molecule has 1 amide bonds. The van der Waals surface area contributed by atoms with Gasteiger partial charge in [0.15, 0.2) is 5.82 Å². The maximum atomic E-state index is 12.8. The summed E-state index contributed by atoms with van der Waals surface area (Å²) in [5.41, 5.74) is 0.923. The number of aromatic hydroxyl groups is 1. The van der Waals surface area contributed by atoms with E-state index in [9.17, 15) is 14.7 Å². The van der Waals surface area contributed by atoms with Crippen molar-refractivity contribution < 1.29 is 9.90 Å². The van der Waals surface area contributed by atoms with Crippen LogP contribution in [0.1, 0.15) is 30.3 Å². The molecular weight excluding hydrogens is 334 g/mol. The zero-order chi connectivity index (χ0) is 18.8. The van der Waals surface area contributed by atoms with Crippen molar-refractivity contribution in [3.05, 3.63) is 46.0 Å². The molecule has 1 N–H and O–H groups in total. The molecule has 3 rings (SSSR count). The van der Waals surface area contributed by atoms with Crippen molar-refractivity contribution in [3.63, 3.8) is 0 Å². The summed E-state index contributed by atoms with van der Waals surface area (Å²) in [4.78, 5) is 28.5. The number of aromatic nitrogens is 3. The second-order valence-corrected chi connectivity index (χ2v) is 6.74. The molecule has 8 heteroatoms. The number of carbonyl (C=O) groups excluding carboxylic acids is 1. The van der Waals surface area contributed by atoms with Crippen molar-refractivity contribution in [2.75, 3.05) is 25.5 Å². The summed E-state index contributed by atoms with van der Waals surface area (Å²) in [5.74, 6) is 0.532. The zero-order valence-electron chi connectivity index (χ0n) is 15.2. The van der Waals surface area contributed by atoms with Crippen LogP contribution in [0, 0.1) is 6.92 Å². The van der Waals surface area contributed by atoms with Crippen molar-refractivity contribution in [1.29, 1.82) is 0 Å². The molecule has 1 aliphatic heterocycles. The average molecular weight is 357 g/mol. The van der Waals surface area contributed by atoms with Gasteiger partial charge in [-0.25, -0.2) is 0 Å². The topological polar surface area (TPSA) is 91.6 Å². The first kappa shape index (κ1) is 17.9. The summed E-state index contributed by atoms with van der Waals surface area (Å²) in [7, 11) is 3.79. The van der Waals surface area contributed by atoms with Gasteiger partial charge in [0.2, 0.25) is 5.91 Å². The summed E-state index contributed by atoms with van der Waals surface area (Å²) < 4.78 is 1.37. The van der Waals surface area contributed by atoms with Crippen LogP contribution in [-0.4, -0.2) is 51.3 Å². The minimum Gasteiger partial charge on any atom is -0.508 e. The van der Waals surface area contributed by atoms with Crippen LogP contribution < -0.4 is 10.5 Å². The molecular formula is C18H23N5O3. The summed E-state index contributed by atoms with van der Waals surface area (Å²) in [5, 5.41) is 18.0. The molecule has 1 atom stereocenters. The second kappa shape index (κ2) is 7.15. The van der Waals surface area contributed by atoms with Crippen LogP contribution in [0.4, 0.5) is 5.82 Å². The molecule has 2 aromatic heterocycles. The van der Waals surface area contributed by atoms with Crippen LogP contribution in [0.5, 0.6) is 5.75 Å². The molecule has 0 spiro atoms. The number of anilines is 1. The van der Waals surface area contributed by atoms with Gasteiger partial charge in [-0.2, -0.15) is 5.10 Å². The van der Waals surface area contributed by atoms with Gasteiger partial charge >= 0.3 is 0 Å². The van der Waals surface area contributed by atoms with Gasteiger partial charge in [-0.15, -0.1) is 5.10 Å². The Balaban J connectivity index is 1.80. The number of pyridine rings is 1. The molecule has 26 heavy (non-hydrogen) atoms. The lowest BCUT2D eigenvalue weighted by Gasteiger charge is -2.25. The molecule has 0 radical (unpaired) electrons. The normalized spacial score (nSPS) is 16.7. The van der Waals surface area contributed by atoms with E-state index in [2.05, 4.69) is 10.2 Å². The highest BCUT2D eigenvalue weighted by Crippen LogP contribution is 2.31. The van der Waals surface area contributed by atoms with Gasteiger partial charge in [0.1, 0.15) is 12.3 Å². The Morgan fingerprint density at radius 2 is 2.08 bits per heavy atom. The number of aryl methyl sites for hydroxylation is 1. The molecule has 1 unspecified atom stereocenters. The lowest BCUT2D eigenvalue weighted by molar-refractivity contribution is -0.133. The van der Waals surface area contributed by atoms with Crippen molar-refractivity contribution in [2.45, 2.75) is 32.4 Å². The third kappa shape index (κ3) is 3.54. The number of hydrogen-bond acceptors (Lipinski definition) is 6.